The Hall–Kier alpha value is -1.24. The van der Waals surface area contributed by atoms with Gasteiger partial charge in [0.1, 0.15) is 5.69 Å². The van der Waals surface area contributed by atoms with Gasteiger partial charge in [-0.3, -0.25) is 15.1 Å². The lowest BCUT2D eigenvalue weighted by Gasteiger charge is -2.07. The number of hydrogen-bond acceptors (Lipinski definition) is 5. The van der Waals surface area contributed by atoms with Crippen molar-refractivity contribution >= 4 is 17.3 Å². The minimum Gasteiger partial charge on any atom is -0.329 e. The summed E-state index contributed by atoms with van der Waals surface area (Å²) in [6.45, 7) is 0.0927. The number of aromatic nitrogens is 1. The molecular formula is C7H9ClN4O2. The Labute approximate surface area is 85.0 Å². The molecule has 0 aromatic carbocycles. The third-order valence-corrected chi connectivity index (χ3v) is 1.87. The lowest BCUT2D eigenvalue weighted by molar-refractivity contribution is -0.386. The van der Waals surface area contributed by atoms with Crippen LogP contribution in [0, 0.1) is 10.1 Å². The SMILES string of the molecule is NC[C@@H](N)c1ncc(Cl)cc1[N+](=O)[O-]. The first-order valence-corrected chi connectivity index (χ1v) is 4.19. The molecule has 0 aliphatic carbocycles. The molecule has 0 radical (unpaired) electrons. The van der Waals surface area contributed by atoms with Gasteiger partial charge in [-0.2, -0.15) is 0 Å². The lowest BCUT2D eigenvalue weighted by atomic mass is 10.1. The highest BCUT2D eigenvalue weighted by Gasteiger charge is 2.20. The first-order chi connectivity index (χ1) is 6.56. The maximum Gasteiger partial charge on any atom is 0.293 e. The van der Waals surface area contributed by atoms with Gasteiger partial charge < -0.3 is 11.5 Å². The van der Waals surface area contributed by atoms with Crippen molar-refractivity contribution in [3.63, 3.8) is 0 Å². The molecule has 4 N–H and O–H groups in total. The molecule has 1 atom stereocenters. The van der Waals surface area contributed by atoms with Gasteiger partial charge in [-0.1, -0.05) is 11.6 Å². The zero-order valence-electron chi connectivity index (χ0n) is 7.18. The van der Waals surface area contributed by atoms with E-state index < -0.39 is 11.0 Å². The molecule has 1 rings (SSSR count). The van der Waals surface area contributed by atoms with Crippen molar-refractivity contribution in [2.24, 2.45) is 11.5 Å². The fraction of sp³-hybridized carbons (Fsp3) is 0.286. The summed E-state index contributed by atoms with van der Waals surface area (Å²) in [7, 11) is 0. The Morgan fingerprint density at radius 1 is 1.71 bits per heavy atom. The summed E-state index contributed by atoms with van der Waals surface area (Å²) < 4.78 is 0. The van der Waals surface area contributed by atoms with Crippen molar-refractivity contribution in [1.29, 1.82) is 0 Å². The molecule has 0 fully saturated rings. The Morgan fingerprint density at radius 3 is 2.86 bits per heavy atom. The fourth-order valence-electron chi connectivity index (χ4n) is 0.983. The molecule has 0 bridgehead atoms. The summed E-state index contributed by atoms with van der Waals surface area (Å²) in [5, 5.41) is 10.8. The zero-order valence-corrected chi connectivity index (χ0v) is 7.94. The predicted molar refractivity (Wildman–Crippen MR) is 51.9 cm³/mol. The Morgan fingerprint density at radius 2 is 2.36 bits per heavy atom. The van der Waals surface area contributed by atoms with E-state index in [4.69, 9.17) is 23.1 Å². The van der Waals surface area contributed by atoms with E-state index >= 15 is 0 Å². The highest BCUT2D eigenvalue weighted by atomic mass is 35.5. The van der Waals surface area contributed by atoms with Crippen LogP contribution in [0.5, 0.6) is 0 Å². The van der Waals surface area contributed by atoms with Gasteiger partial charge in [0.05, 0.1) is 16.0 Å². The van der Waals surface area contributed by atoms with E-state index in [1.54, 1.807) is 0 Å². The van der Waals surface area contributed by atoms with Gasteiger partial charge in [-0.15, -0.1) is 0 Å². The van der Waals surface area contributed by atoms with E-state index in [1.165, 1.54) is 12.3 Å². The van der Waals surface area contributed by atoms with Crippen LogP contribution in [0.25, 0.3) is 0 Å². The molecule has 0 saturated carbocycles. The van der Waals surface area contributed by atoms with Crippen LogP contribution in [0.1, 0.15) is 11.7 Å². The van der Waals surface area contributed by atoms with Crippen LogP contribution in [-0.2, 0) is 0 Å². The van der Waals surface area contributed by atoms with Crippen LogP contribution in [-0.4, -0.2) is 16.5 Å². The van der Waals surface area contributed by atoms with E-state index in [-0.39, 0.29) is 22.9 Å². The van der Waals surface area contributed by atoms with Crippen molar-refractivity contribution in [1.82, 2.24) is 4.98 Å². The quantitative estimate of drug-likeness (QED) is 0.568. The standard InChI is InChI=1S/C7H9ClN4O2/c8-4-1-6(12(13)14)7(11-3-4)5(10)2-9/h1,3,5H,2,9-10H2/t5-/m1/s1. The second-order valence-corrected chi connectivity index (χ2v) is 3.09. The van der Waals surface area contributed by atoms with Crippen LogP contribution in [0.2, 0.25) is 5.02 Å². The third kappa shape index (κ3) is 2.16. The average Bonchev–Trinajstić information content (AvgIpc) is 2.16. The third-order valence-electron chi connectivity index (χ3n) is 1.67. The molecule has 0 aliphatic heterocycles. The van der Waals surface area contributed by atoms with Gasteiger partial charge in [0.2, 0.25) is 0 Å². The minimum atomic E-state index is -0.646. The number of nitrogens with two attached hydrogens (primary N) is 2. The molecule has 1 heterocycles. The molecule has 76 valence electrons. The van der Waals surface area contributed by atoms with E-state index in [9.17, 15) is 10.1 Å². The van der Waals surface area contributed by atoms with Crippen LogP contribution in [0.3, 0.4) is 0 Å². The highest BCUT2D eigenvalue weighted by molar-refractivity contribution is 6.30. The number of nitro groups is 1. The topological polar surface area (TPSA) is 108 Å². The van der Waals surface area contributed by atoms with Crippen molar-refractivity contribution in [3.05, 3.63) is 33.1 Å². The first-order valence-electron chi connectivity index (χ1n) is 3.81. The van der Waals surface area contributed by atoms with Crippen LogP contribution in [0.4, 0.5) is 5.69 Å². The second-order valence-electron chi connectivity index (χ2n) is 2.66. The van der Waals surface area contributed by atoms with Crippen molar-refractivity contribution < 1.29 is 4.92 Å². The maximum atomic E-state index is 10.6. The second kappa shape index (κ2) is 4.32. The van der Waals surface area contributed by atoms with Crippen LogP contribution < -0.4 is 11.5 Å². The van der Waals surface area contributed by atoms with Crippen LogP contribution >= 0.6 is 11.6 Å². The first kappa shape index (κ1) is 10.8. The maximum absolute atomic E-state index is 10.6. The predicted octanol–water partition coefficient (Wildman–Crippen LogP) is 0.602. The number of rotatable bonds is 3. The van der Waals surface area contributed by atoms with E-state index in [2.05, 4.69) is 4.98 Å². The zero-order chi connectivity index (χ0) is 10.7. The van der Waals surface area contributed by atoms with Gasteiger partial charge in [-0.25, -0.2) is 0 Å². The molecule has 0 aliphatic rings. The van der Waals surface area contributed by atoms with Gasteiger partial charge in [0.15, 0.2) is 0 Å². The summed E-state index contributed by atoms with van der Waals surface area (Å²) in [4.78, 5) is 13.8. The van der Waals surface area contributed by atoms with Gasteiger partial charge in [-0.05, 0) is 0 Å². The molecule has 0 amide bonds. The summed E-state index contributed by atoms with van der Waals surface area (Å²) in [5.74, 6) is 0. The summed E-state index contributed by atoms with van der Waals surface area (Å²) >= 11 is 5.57. The number of pyridine rings is 1. The molecule has 1 aromatic heterocycles. The highest BCUT2D eigenvalue weighted by Crippen LogP contribution is 2.24. The van der Waals surface area contributed by atoms with Crippen molar-refractivity contribution in [2.45, 2.75) is 6.04 Å². The lowest BCUT2D eigenvalue weighted by Crippen LogP contribution is -2.22. The number of nitrogens with zero attached hydrogens (tertiary/aromatic N) is 2. The van der Waals surface area contributed by atoms with E-state index in [0.29, 0.717) is 0 Å². The largest absolute Gasteiger partial charge is 0.329 e. The smallest absolute Gasteiger partial charge is 0.293 e. The minimum absolute atomic E-state index is 0.0927. The molecule has 6 nitrogen and oxygen atoms in total. The van der Waals surface area contributed by atoms with Gasteiger partial charge >= 0.3 is 0 Å². The Bertz CT molecular complexity index is 358. The molecule has 7 heteroatoms. The fourth-order valence-corrected chi connectivity index (χ4v) is 1.13. The molecule has 0 unspecified atom stereocenters. The van der Waals surface area contributed by atoms with E-state index in [1.807, 2.05) is 0 Å². The average molecular weight is 217 g/mol. The molecular weight excluding hydrogens is 208 g/mol. The van der Waals surface area contributed by atoms with Crippen LogP contribution in [0.15, 0.2) is 12.3 Å². The molecule has 0 spiro atoms. The normalized spacial score (nSPS) is 12.5. The Balaban J connectivity index is 3.21. The molecule has 1 aromatic rings. The molecule has 0 saturated heterocycles. The monoisotopic (exact) mass is 216 g/mol. The van der Waals surface area contributed by atoms with E-state index in [0.717, 1.165) is 0 Å². The molecule has 14 heavy (non-hydrogen) atoms. The summed E-state index contributed by atoms with van der Waals surface area (Å²) in [6, 6.07) is 0.562. The number of hydrogen-bond donors (Lipinski definition) is 2. The Kier molecular flexibility index (Phi) is 3.34. The van der Waals surface area contributed by atoms with Gasteiger partial charge in [0, 0.05) is 18.8 Å². The summed E-state index contributed by atoms with van der Waals surface area (Å²) in [5.41, 5.74) is 10.8. The van der Waals surface area contributed by atoms with Crippen molar-refractivity contribution in [2.75, 3.05) is 6.54 Å². The summed E-state index contributed by atoms with van der Waals surface area (Å²) in [6.07, 6.45) is 1.30. The van der Waals surface area contributed by atoms with Crippen molar-refractivity contribution in [3.8, 4) is 0 Å². The van der Waals surface area contributed by atoms with Gasteiger partial charge in [0.25, 0.3) is 5.69 Å². The number of halogens is 1.